The highest BCUT2D eigenvalue weighted by molar-refractivity contribution is 9.10. The highest BCUT2D eigenvalue weighted by atomic mass is 79.9. The van der Waals surface area contributed by atoms with Crippen molar-refractivity contribution in [3.05, 3.63) is 46.4 Å². The van der Waals surface area contributed by atoms with Crippen molar-refractivity contribution in [1.82, 2.24) is 15.2 Å². The van der Waals surface area contributed by atoms with Gasteiger partial charge in [-0.25, -0.2) is 0 Å². The smallest absolute Gasteiger partial charge is 0.247 e. The van der Waals surface area contributed by atoms with Crippen molar-refractivity contribution in [2.45, 2.75) is 50.9 Å². The number of halogens is 1. The van der Waals surface area contributed by atoms with Crippen LogP contribution in [0.1, 0.15) is 51.3 Å². The molecule has 0 N–H and O–H groups in total. The van der Waals surface area contributed by atoms with Crippen molar-refractivity contribution in [2.75, 3.05) is 24.9 Å². The molecular formula is C26H29BrN4O4S. The molecule has 0 spiro atoms. The molecule has 1 atom stereocenters. The topological polar surface area (TPSA) is 86.7 Å². The Morgan fingerprint density at radius 1 is 1.14 bits per heavy atom. The van der Waals surface area contributed by atoms with Gasteiger partial charge in [-0.1, -0.05) is 72.1 Å². The van der Waals surface area contributed by atoms with E-state index < -0.39 is 6.23 Å². The lowest BCUT2D eigenvalue weighted by Gasteiger charge is -2.31. The number of methoxy groups -OCH3 is 2. The molecule has 2 heterocycles. The first-order valence-corrected chi connectivity index (χ1v) is 13.6. The van der Waals surface area contributed by atoms with E-state index in [1.807, 2.05) is 30.3 Å². The molecule has 2 aromatic carbocycles. The fourth-order valence-electron chi connectivity index (χ4n) is 4.15. The molecule has 0 radical (unpaired) electrons. The van der Waals surface area contributed by atoms with E-state index in [1.165, 1.54) is 26.2 Å². The second kappa shape index (κ2) is 11.9. The van der Waals surface area contributed by atoms with Crippen LogP contribution in [0.25, 0.3) is 11.3 Å². The maximum atomic E-state index is 13.1. The molecule has 1 aliphatic heterocycles. The Bertz CT molecular complexity index is 1240. The van der Waals surface area contributed by atoms with E-state index in [0.29, 0.717) is 45.0 Å². The van der Waals surface area contributed by atoms with Gasteiger partial charge in [0.15, 0.2) is 17.2 Å². The van der Waals surface area contributed by atoms with Crippen LogP contribution in [0, 0.1) is 0 Å². The minimum Gasteiger partial charge on any atom is -0.493 e. The van der Waals surface area contributed by atoms with Crippen molar-refractivity contribution in [3.63, 3.8) is 0 Å². The molecular weight excluding hydrogens is 544 g/mol. The minimum atomic E-state index is -0.884. The lowest BCUT2D eigenvalue weighted by Crippen LogP contribution is -2.36. The number of thioether (sulfide) groups is 1. The molecule has 0 saturated carbocycles. The summed E-state index contributed by atoms with van der Waals surface area (Å²) in [6, 6.07) is 11.2. The number of para-hydroxylation sites is 1. The number of carbonyl (C=O) groups excluding carboxylic acids is 1. The Balaban J connectivity index is 1.83. The van der Waals surface area contributed by atoms with Gasteiger partial charge in [0.05, 0.1) is 25.5 Å². The van der Waals surface area contributed by atoms with Crippen molar-refractivity contribution in [1.29, 1.82) is 0 Å². The van der Waals surface area contributed by atoms with Crippen LogP contribution in [-0.2, 0) is 4.79 Å². The summed E-state index contributed by atoms with van der Waals surface area (Å²) < 4.78 is 18.5. The number of fused-ring (bicyclic) bond motifs is 3. The van der Waals surface area contributed by atoms with Gasteiger partial charge in [0.25, 0.3) is 0 Å². The summed E-state index contributed by atoms with van der Waals surface area (Å²) in [6.45, 7) is 3.69. The summed E-state index contributed by atoms with van der Waals surface area (Å²) in [5.74, 6) is 1.97. The molecule has 3 aromatic rings. The van der Waals surface area contributed by atoms with Gasteiger partial charge in [-0.05, 0) is 24.6 Å². The third-order valence-corrected chi connectivity index (χ3v) is 7.20. The van der Waals surface area contributed by atoms with Gasteiger partial charge in [-0.2, -0.15) is 4.98 Å². The average Bonchev–Trinajstić information content (AvgIpc) is 3.02. The molecule has 1 unspecified atom stereocenters. The Morgan fingerprint density at radius 3 is 2.67 bits per heavy atom. The molecule has 1 amide bonds. The van der Waals surface area contributed by atoms with E-state index in [-0.39, 0.29) is 5.91 Å². The first kappa shape index (κ1) is 26.2. The zero-order chi connectivity index (χ0) is 25.7. The molecule has 0 fully saturated rings. The van der Waals surface area contributed by atoms with Gasteiger partial charge in [0, 0.05) is 22.7 Å². The number of anilines is 1. The molecule has 0 saturated heterocycles. The Kier molecular flexibility index (Phi) is 8.68. The minimum absolute atomic E-state index is 0.209. The SMILES string of the molecule is CCCCCCSc1nnc2c(n1)OC(c1cc(Br)cc(OC)c1OC)N(C(C)=O)c1ccccc1-2. The number of ether oxygens (including phenoxy) is 3. The number of aromatic nitrogens is 3. The number of hydrogen-bond acceptors (Lipinski definition) is 8. The van der Waals surface area contributed by atoms with E-state index in [9.17, 15) is 4.79 Å². The van der Waals surface area contributed by atoms with Gasteiger partial charge in [0.2, 0.25) is 23.2 Å². The van der Waals surface area contributed by atoms with E-state index >= 15 is 0 Å². The highest BCUT2D eigenvalue weighted by Crippen LogP contribution is 2.47. The number of amides is 1. The van der Waals surface area contributed by atoms with Crippen LogP contribution in [-0.4, -0.2) is 41.1 Å². The molecule has 8 nitrogen and oxygen atoms in total. The summed E-state index contributed by atoms with van der Waals surface area (Å²) in [4.78, 5) is 19.4. The van der Waals surface area contributed by atoms with Crippen molar-refractivity contribution in [2.24, 2.45) is 0 Å². The van der Waals surface area contributed by atoms with Crippen LogP contribution in [0.3, 0.4) is 0 Å². The predicted molar refractivity (Wildman–Crippen MR) is 144 cm³/mol. The summed E-state index contributed by atoms with van der Waals surface area (Å²) in [5.41, 5.74) is 2.45. The normalized spacial score (nSPS) is 14.4. The average molecular weight is 574 g/mol. The number of hydrogen-bond donors (Lipinski definition) is 0. The second-order valence-corrected chi connectivity index (χ2v) is 10.2. The molecule has 0 aliphatic carbocycles. The van der Waals surface area contributed by atoms with Gasteiger partial charge < -0.3 is 14.2 Å². The van der Waals surface area contributed by atoms with Gasteiger partial charge >= 0.3 is 0 Å². The maximum Gasteiger partial charge on any atom is 0.247 e. The van der Waals surface area contributed by atoms with E-state index in [2.05, 4.69) is 33.1 Å². The van der Waals surface area contributed by atoms with Crippen LogP contribution in [0.5, 0.6) is 17.4 Å². The summed E-state index contributed by atoms with van der Waals surface area (Å²) in [7, 11) is 3.12. The molecule has 36 heavy (non-hydrogen) atoms. The lowest BCUT2D eigenvalue weighted by atomic mass is 10.1. The Labute approximate surface area is 223 Å². The predicted octanol–water partition coefficient (Wildman–Crippen LogP) is 6.43. The zero-order valence-electron chi connectivity index (χ0n) is 20.8. The van der Waals surface area contributed by atoms with E-state index in [4.69, 9.17) is 19.2 Å². The Morgan fingerprint density at radius 2 is 1.94 bits per heavy atom. The molecule has 1 aromatic heterocycles. The Hall–Kier alpha value is -2.85. The first-order valence-electron chi connectivity index (χ1n) is 11.8. The molecule has 0 bridgehead atoms. The van der Waals surface area contributed by atoms with Gasteiger partial charge in [-0.3, -0.25) is 9.69 Å². The van der Waals surface area contributed by atoms with Crippen molar-refractivity contribution in [3.8, 4) is 28.6 Å². The zero-order valence-corrected chi connectivity index (χ0v) is 23.2. The molecule has 10 heteroatoms. The van der Waals surface area contributed by atoms with E-state index in [1.54, 1.807) is 36.9 Å². The van der Waals surface area contributed by atoms with E-state index in [0.717, 1.165) is 16.6 Å². The summed E-state index contributed by atoms with van der Waals surface area (Å²) in [5, 5.41) is 9.39. The lowest BCUT2D eigenvalue weighted by molar-refractivity contribution is -0.118. The largest absolute Gasteiger partial charge is 0.493 e. The van der Waals surface area contributed by atoms with Gasteiger partial charge in [0.1, 0.15) is 0 Å². The number of rotatable bonds is 9. The summed E-state index contributed by atoms with van der Waals surface area (Å²) in [6.07, 6.45) is 3.77. The fourth-order valence-corrected chi connectivity index (χ4v) is 5.38. The van der Waals surface area contributed by atoms with Crippen LogP contribution in [0.4, 0.5) is 5.69 Å². The number of benzene rings is 2. The third kappa shape index (κ3) is 5.44. The van der Waals surface area contributed by atoms with Crippen LogP contribution >= 0.6 is 27.7 Å². The van der Waals surface area contributed by atoms with Crippen LogP contribution in [0.2, 0.25) is 0 Å². The van der Waals surface area contributed by atoms with Crippen molar-refractivity contribution < 1.29 is 19.0 Å². The fraction of sp³-hybridized carbons (Fsp3) is 0.385. The highest BCUT2D eigenvalue weighted by Gasteiger charge is 2.37. The van der Waals surface area contributed by atoms with Crippen molar-refractivity contribution >= 4 is 39.3 Å². The molecule has 1 aliphatic rings. The standard InChI is InChI=1S/C26H29BrN4O4S/c1-5-6-7-10-13-36-26-28-24-22(29-30-26)18-11-8-9-12-20(18)31(16(2)32)25(35-24)19-14-17(27)15-21(33-3)23(19)34-4/h8-9,11-12,14-15,25H,5-7,10,13H2,1-4H3. The number of carbonyl (C=O) groups is 1. The monoisotopic (exact) mass is 572 g/mol. The third-order valence-electron chi connectivity index (χ3n) is 5.82. The molecule has 190 valence electrons. The molecule has 4 rings (SSSR count). The first-order chi connectivity index (χ1) is 17.5. The van der Waals surface area contributed by atoms with Crippen LogP contribution < -0.4 is 19.1 Å². The summed E-state index contributed by atoms with van der Waals surface area (Å²) >= 11 is 5.10. The number of unbranched alkanes of at least 4 members (excludes halogenated alkanes) is 3. The quantitative estimate of drug-likeness (QED) is 0.214. The van der Waals surface area contributed by atoms with Gasteiger partial charge in [-0.15, -0.1) is 10.2 Å². The maximum absolute atomic E-state index is 13.1. The van der Waals surface area contributed by atoms with Crippen LogP contribution in [0.15, 0.2) is 46.0 Å². The number of nitrogens with zero attached hydrogens (tertiary/aromatic N) is 4. The second-order valence-electron chi connectivity index (χ2n) is 8.26.